The highest BCUT2D eigenvalue weighted by atomic mass is 32.2. The number of carboxylic acid groups (broad SMARTS) is 1. The molecule has 3 nitrogen and oxygen atoms in total. The third kappa shape index (κ3) is 4.24. The van der Waals surface area contributed by atoms with E-state index in [2.05, 4.69) is 0 Å². The van der Waals surface area contributed by atoms with Crippen LogP contribution in [0.15, 0.2) is 24.3 Å². The zero-order valence-electron chi connectivity index (χ0n) is 9.22. The molecule has 0 aliphatic rings. The van der Waals surface area contributed by atoms with Crippen LogP contribution in [0.4, 0.5) is 0 Å². The fourth-order valence-corrected chi connectivity index (χ4v) is 2.21. The first-order valence-electron chi connectivity index (χ1n) is 5.12. The van der Waals surface area contributed by atoms with Gasteiger partial charge in [0, 0.05) is 11.5 Å². The van der Waals surface area contributed by atoms with Crippen LogP contribution in [0.2, 0.25) is 0 Å². The van der Waals surface area contributed by atoms with Gasteiger partial charge >= 0.3 is 5.97 Å². The molecule has 0 fully saturated rings. The number of aliphatic hydroxyl groups excluding tert-OH is 1. The van der Waals surface area contributed by atoms with E-state index in [4.69, 9.17) is 10.2 Å². The van der Waals surface area contributed by atoms with Gasteiger partial charge in [-0.15, -0.1) is 0 Å². The molecule has 0 saturated heterocycles. The first kappa shape index (κ1) is 13.1. The van der Waals surface area contributed by atoms with Gasteiger partial charge in [0.2, 0.25) is 0 Å². The summed E-state index contributed by atoms with van der Waals surface area (Å²) in [5, 5.41) is 17.6. The van der Waals surface area contributed by atoms with Crippen molar-refractivity contribution in [2.75, 3.05) is 5.75 Å². The Kier molecular flexibility index (Phi) is 5.35. The van der Waals surface area contributed by atoms with Crippen molar-refractivity contribution >= 4 is 17.7 Å². The van der Waals surface area contributed by atoms with Crippen molar-refractivity contribution in [3.8, 4) is 0 Å². The number of aliphatic carboxylic acids is 1. The van der Waals surface area contributed by atoms with Crippen LogP contribution >= 0.6 is 11.8 Å². The number of thioether (sulfide) groups is 1. The molecule has 0 bridgehead atoms. The van der Waals surface area contributed by atoms with Crippen LogP contribution in [0, 0.1) is 5.92 Å². The van der Waals surface area contributed by atoms with Gasteiger partial charge < -0.3 is 10.2 Å². The summed E-state index contributed by atoms with van der Waals surface area (Å²) in [6.07, 6.45) is 0. The van der Waals surface area contributed by atoms with Gasteiger partial charge in [0.25, 0.3) is 0 Å². The number of benzene rings is 1. The van der Waals surface area contributed by atoms with E-state index in [1.54, 1.807) is 18.7 Å². The molecule has 1 atom stereocenters. The SMILES string of the molecule is CC(CSCc1ccc(CO)cc1)C(=O)O. The number of carbonyl (C=O) groups is 1. The van der Waals surface area contributed by atoms with Crippen molar-refractivity contribution in [3.05, 3.63) is 35.4 Å². The molecule has 0 heterocycles. The minimum Gasteiger partial charge on any atom is -0.481 e. The second-order valence-corrected chi connectivity index (χ2v) is 4.76. The van der Waals surface area contributed by atoms with Crippen LogP contribution in [-0.2, 0) is 17.2 Å². The number of rotatable bonds is 6. The summed E-state index contributed by atoms with van der Waals surface area (Å²) in [5.41, 5.74) is 2.05. The Labute approximate surface area is 99.5 Å². The average Bonchev–Trinajstić information content (AvgIpc) is 2.29. The lowest BCUT2D eigenvalue weighted by Crippen LogP contribution is -2.11. The van der Waals surface area contributed by atoms with Crippen LogP contribution in [0.25, 0.3) is 0 Å². The summed E-state index contributed by atoms with van der Waals surface area (Å²) in [7, 11) is 0. The van der Waals surface area contributed by atoms with Crippen LogP contribution in [-0.4, -0.2) is 21.9 Å². The molecule has 0 aromatic heterocycles. The van der Waals surface area contributed by atoms with Gasteiger partial charge in [-0.05, 0) is 11.1 Å². The molecule has 16 heavy (non-hydrogen) atoms. The number of hydrogen-bond acceptors (Lipinski definition) is 3. The first-order valence-corrected chi connectivity index (χ1v) is 6.28. The molecule has 2 N–H and O–H groups in total. The zero-order chi connectivity index (χ0) is 12.0. The monoisotopic (exact) mass is 240 g/mol. The lowest BCUT2D eigenvalue weighted by Gasteiger charge is -2.06. The Hall–Kier alpha value is -1.00. The molecular formula is C12H16O3S. The van der Waals surface area contributed by atoms with Gasteiger partial charge in [-0.2, -0.15) is 11.8 Å². The fourth-order valence-electron chi connectivity index (χ4n) is 1.17. The molecule has 1 aromatic rings. The number of aliphatic hydroxyl groups is 1. The highest BCUT2D eigenvalue weighted by Gasteiger charge is 2.10. The largest absolute Gasteiger partial charge is 0.481 e. The average molecular weight is 240 g/mol. The van der Waals surface area contributed by atoms with Crippen molar-refractivity contribution in [2.45, 2.75) is 19.3 Å². The maximum Gasteiger partial charge on any atom is 0.307 e. The summed E-state index contributed by atoms with van der Waals surface area (Å²) >= 11 is 1.61. The summed E-state index contributed by atoms with van der Waals surface area (Å²) in [6.45, 7) is 1.77. The number of carboxylic acids is 1. The second kappa shape index (κ2) is 6.55. The third-order valence-corrected chi connectivity index (χ3v) is 3.54. The predicted octanol–water partition coefficient (Wildman–Crippen LogP) is 2.13. The quantitative estimate of drug-likeness (QED) is 0.799. The fraction of sp³-hybridized carbons (Fsp3) is 0.417. The molecule has 0 amide bonds. The second-order valence-electron chi connectivity index (χ2n) is 3.73. The van der Waals surface area contributed by atoms with E-state index in [-0.39, 0.29) is 12.5 Å². The van der Waals surface area contributed by atoms with Gasteiger partial charge in [0.05, 0.1) is 12.5 Å². The highest BCUT2D eigenvalue weighted by Crippen LogP contribution is 2.16. The van der Waals surface area contributed by atoms with Gasteiger partial charge in [-0.25, -0.2) is 0 Å². The molecule has 1 unspecified atom stereocenters. The lowest BCUT2D eigenvalue weighted by molar-refractivity contribution is -0.140. The van der Waals surface area contributed by atoms with E-state index in [1.165, 1.54) is 0 Å². The van der Waals surface area contributed by atoms with Crippen molar-refractivity contribution in [2.24, 2.45) is 5.92 Å². The maximum absolute atomic E-state index is 10.6. The minimum atomic E-state index is -0.747. The first-order chi connectivity index (χ1) is 7.63. The van der Waals surface area contributed by atoms with Crippen molar-refractivity contribution in [1.29, 1.82) is 0 Å². The third-order valence-electron chi connectivity index (χ3n) is 2.26. The Morgan fingerprint density at radius 2 is 1.88 bits per heavy atom. The Morgan fingerprint density at radius 1 is 1.31 bits per heavy atom. The van der Waals surface area contributed by atoms with Gasteiger partial charge in [-0.3, -0.25) is 4.79 Å². The zero-order valence-corrected chi connectivity index (χ0v) is 10.0. The van der Waals surface area contributed by atoms with E-state index in [1.807, 2.05) is 24.3 Å². The molecule has 0 spiro atoms. The van der Waals surface area contributed by atoms with Crippen LogP contribution in [0.1, 0.15) is 18.1 Å². The molecule has 0 saturated carbocycles. The summed E-state index contributed by atoms with van der Waals surface area (Å²) < 4.78 is 0. The Bertz CT molecular complexity index is 335. The maximum atomic E-state index is 10.6. The Balaban J connectivity index is 2.34. The normalized spacial score (nSPS) is 12.4. The standard InChI is InChI=1S/C12H16O3S/c1-9(12(14)15)7-16-8-11-4-2-10(6-13)3-5-11/h2-5,9,13H,6-8H2,1H3,(H,14,15). The molecule has 4 heteroatoms. The van der Waals surface area contributed by atoms with E-state index in [9.17, 15) is 4.79 Å². The van der Waals surface area contributed by atoms with Crippen LogP contribution in [0.5, 0.6) is 0 Å². The molecule has 1 rings (SSSR count). The molecular weight excluding hydrogens is 224 g/mol. The summed E-state index contributed by atoms with van der Waals surface area (Å²) in [5.74, 6) is 0.380. The molecule has 88 valence electrons. The summed E-state index contributed by atoms with van der Waals surface area (Å²) in [6, 6.07) is 7.70. The van der Waals surface area contributed by atoms with E-state index in [0.29, 0.717) is 5.75 Å². The van der Waals surface area contributed by atoms with Crippen LogP contribution in [0.3, 0.4) is 0 Å². The van der Waals surface area contributed by atoms with Crippen molar-refractivity contribution in [3.63, 3.8) is 0 Å². The Morgan fingerprint density at radius 3 is 2.38 bits per heavy atom. The van der Waals surface area contributed by atoms with Crippen molar-refractivity contribution in [1.82, 2.24) is 0 Å². The lowest BCUT2D eigenvalue weighted by atomic mass is 10.2. The predicted molar refractivity (Wildman–Crippen MR) is 65.3 cm³/mol. The molecule has 0 aliphatic heterocycles. The summed E-state index contributed by atoms with van der Waals surface area (Å²) in [4.78, 5) is 10.6. The van der Waals surface area contributed by atoms with Crippen LogP contribution < -0.4 is 0 Å². The number of hydrogen-bond donors (Lipinski definition) is 2. The molecule has 0 radical (unpaired) electrons. The molecule has 1 aromatic carbocycles. The smallest absolute Gasteiger partial charge is 0.307 e. The van der Waals surface area contributed by atoms with Gasteiger partial charge in [0.15, 0.2) is 0 Å². The topological polar surface area (TPSA) is 57.5 Å². The van der Waals surface area contributed by atoms with E-state index < -0.39 is 5.97 Å². The van der Waals surface area contributed by atoms with Crippen molar-refractivity contribution < 1.29 is 15.0 Å². The minimum absolute atomic E-state index is 0.0590. The van der Waals surface area contributed by atoms with E-state index >= 15 is 0 Å². The van der Waals surface area contributed by atoms with Gasteiger partial charge in [0.1, 0.15) is 0 Å². The highest BCUT2D eigenvalue weighted by molar-refractivity contribution is 7.98. The molecule has 0 aliphatic carbocycles. The van der Waals surface area contributed by atoms with E-state index in [0.717, 1.165) is 16.9 Å². The van der Waals surface area contributed by atoms with Gasteiger partial charge in [-0.1, -0.05) is 31.2 Å².